The van der Waals surface area contributed by atoms with Gasteiger partial charge in [-0.3, -0.25) is 0 Å². The Morgan fingerprint density at radius 3 is 2.67 bits per heavy atom. The zero-order valence-electron chi connectivity index (χ0n) is 16.4. The number of allylic oxidation sites excluding steroid dienone is 1. The molecule has 4 aliphatic carbocycles. The van der Waals surface area contributed by atoms with Crippen LogP contribution in [0.25, 0.3) is 0 Å². The lowest BCUT2D eigenvalue weighted by atomic mass is 9.47. The zero-order valence-corrected chi connectivity index (χ0v) is 16.4. The van der Waals surface area contributed by atoms with Gasteiger partial charge in [-0.25, -0.2) is 0 Å². The summed E-state index contributed by atoms with van der Waals surface area (Å²) in [5.41, 5.74) is 2.62. The van der Waals surface area contributed by atoms with Crippen LogP contribution in [0.5, 0.6) is 0 Å². The van der Waals surface area contributed by atoms with Gasteiger partial charge in [0.25, 0.3) is 0 Å². The van der Waals surface area contributed by atoms with Crippen LogP contribution in [0, 0.1) is 40.4 Å². The molecule has 0 heterocycles. The molecule has 0 saturated heterocycles. The number of rotatable bonds is 2. The van der Waals surface area contributed by atoms with Crippen molar-refractivity contribution in [2.45, 2.75) is 91.6 Å². The molecular weight excluding hydrogens is 292 g/mol. The van der Waals surface area contributed by atoms with Crippen molar-refractivity contribution in [3.05, 3.63) is 11.6 Å². The van der Waals surface area contributed by atoms with Crippen LogP contribution in [0.1, 0.15) is 85.5 Å². The molecule has 1 N–H and O–H groups in total. The van der Waals surface area contributed by atoms with E-state index in [1.807, 2.05) is 0 Å². The van der Waals surface area contributed by atoms with E-state index in [1.54, 1.807) is 5.57 Å². The summed E-state index contributed by atoms with van der Waals surface area (Å²) in [6, 6.07) is 0. The third-order valence-corrected chi connectivity index (χ3v) is 9.48. The minimum atomic E-state index is -0.0732. The van der Waals surface area contributed by atoms with Crippen LogP contribution in [0.3, 0.4) is 0 Å². The van der Waals surface area contributed by atoms with Gasteiger partial charge >= 0.3 is 0 Å². The van der Waals surface area contributed by atoms with Crippen LogP contribution in [-0.4, -0.2) is 11.2 Å². The third-order valence-electron chi connectivity index (χ3n) is 9.48. The van der Waals surface area contributed by atoms with Gasteiger partial charge in [0.05, 0.1) is 6.10 Å². The molecule has 0 aromatic rings. The average molecular weight is 331 g/mol. The van der Waals surface area contributed by atoms with Gasteiger partial charge in [0.1, 0.15) is 0 Å². The van der Waals surface area contributed by atoms with Crippen molar-refractivity contribution in [1.82, 2.24) is 0 Å². The highest BCUT2D eigenvalue weighted by Gasteiger charge is 2.58. The molecule has 0 aromatic heterocycles. The zero-order chi connectivity index (χ0) is 17.1. The second-order valence-corrected chi connectivity index (χ2v) is 10.3. The number of fused-ring (bicyclic) bond motifs is 5. The minimum Gasteiger partial charge on any atom is -0.393 e. The van der Waals surface area contributed by atoms with Crippen molar-refractivity contribution in [2.75, 3.05) is 0 Å². The number of hydrogen-bond donors (Lipinski definition) is 1. The van der Waals surface area contributed by atoms with E-state index in [-0.39, 0.29) is 6.10 Å². The molecule has 4 rings (SSSR count). The lowest BCUT2D eigenvalue weighted by Gasteiger charge is -2.58. The Labute approximate surface area is 149 Å². The number of hydrogen-bond acceptors (Lipinski definition) is 1. The van der Waals surface area contributed by atoms with Crippen molar-refractivity contribution in [1.29, 1.82) is 0 Å². The maximum Gasteiger partial charge on any atom is 0.0577 e. The van der Waals surface area contributed by atoms with Crippen LogP contribution in [0.4, 0.5) is 0 Å². The van der Waals surface area contributed by atoms with Gasteiger partial charge < -0.3 is 5.11 Å². The molecule has 0 bridgehead atoms. The predicted octanol–water partition coefficient (Wildman–Crippen LogP) is 5.97. The normalized spacial score (nSPS) is 52.0. The molecular formula is C23H38O. The van der Waals surface area contributed by atoms with E-state index in [1.165, 1.54) is 44.9 Å². The summed E-state index contributed by atoms with van der Waals surface area (Å²) in [6.07, 6.45) is 14.2. The molecule has 0 spiro atoms. The molecule has 24 heavy (non-hydrogen) atoms. The lowest BCUT2D eigenvalue weighted by molar-refractivity contribution is -0.0568. The van der Waals surface area contributed by atoms with E-state index in [9.17, 15) is 5.11 Å². The third kappa shape index (κ3) is 2.29. The summed E-state index contributed by atoms with van der Waals surface area (Å²) in [5.74, 6) is 4.61. The topological polar surface area (TPSA) is 20.2 Å². The first kappa shape index (κ1) is 17.1. The predicted molar refractivity (Wildman–Crippen MR) is 101 cm³/mol. The SMILES string of the molecule is CCC(C)[C@H]1CCC2C3CC=C4C[C@@H](O)CC[C@]4(C)C3CC[C@@]21C. The summed E-state index contributed by atoms with van der Waals surface area (Å²) < 4.78 is 0. The minimum absolute atomic E-state index is 0.0732. The van der Waals surface area contributed by atoms with E-state index in [4.69, 9.17) is 0 Å². The molecule has 3 saturated carbocycles. The van der Waals surface area contributed by atoms with Gasteiger partial charge in [-0.05, 0) is 91.8 Å². The van der Waals surface area contributed by atoms with E-state index >= 15 is 0 Å². The summed E-state index contributed by atoms with van der Waals surface area (Å²) >= 11 is 0. The molecule has 136 valence electrons. The van der Waals surface area contributed by atoms with Crippen LogP contribution in [-0.2, 0) is 0 Å². The molecule has 0 aliphatic heterocycles. The first-order valence-electron chi connectivity index (χ1n) is 10.8. The number of aliphatic hydroxyl groups is 1. The van der Waals surface area contributed by atoms with Crippen molar-refractivity contribution < 1.29 is 5.11 Å². The van der Waals surface area contributed by atoms with E-state index in [0.29, 0.717) is 10.8 Å². The lowest BCUT2D eigenvalue weighted by Crippen LogP contribution is -2.50. The molecule has 1 heteroatoms. The molecule has 3 fully saturated rings. The standard InChI is InChI=1S/C23H38O/c1-5-15(2)19-8-9-20-18-7-6-16-14-17(24)10-12-22(16,3)21(18)11-13-23(19,20)4/h6,15,17-21,24H,5,7-14H2,1-4H3/t15?,17-,18?,19+,20?,21?,22-,23+/m0/s1. The van der Waals surface area contributed by atoms with Crippen LogP contribution < -0.4 is 0 Å². The molecule has 0 radical (unpaired) electrons. The van der Waals surface area contributed by atoms with Crippen molar-refractivity contribution in [3.8, 4) is 0 Å². The largest absolute Gasteiger partial charge is 0.393 e. The summed E-state index contributed by atoms with van der Waals surface area (Å²) in [5, 5.41) is 10.1. The summed E-state index contributed by atoms with van der Waals surface area (Å²) in [4.78, 5) is 0. The Morgan fingerprint density at radius 1 is 1.12 bits per heavy atom. The molecule has 4 unspecified atom stereocenters. The average Bonchev–Trinajstić information content (AvgIpc) is 2.92. The van der Waals surface area contributed by atoms with E-state index in [0.717, 1.165) is 42.4 Å². The fourth-order valence-corrected chi connectivity index (χ4v) is 7.90. The Hall–Kier alpha value is -0.300. The van der Waals surface area contributed by atoms with Gasteiger partial charge in [0.2, 0.25) is 0 Å². The van der Waals surface area contributed by atoms with Crippen molar-refractivity contribution in [3.63, 3.8) is 0 Å². The molecule has 8 atom stereocenters. The van der Waals surface area contributed by atoms with Gasteiger partial charge in [0, 0.05) is 0 Å². The smallest absolute Gasteiger partial charge is 0.0577 e. The van der Waals surface area contributed by atoms with Gasteiger partial charge in [-0.1, -0.05) is 45.8 Å². The van der Waals surface area contributed by atoms with E-state index in [2.05, 4.69) is 33.8 Å². The maximum atomic E-state index is 10.1. The highest BCUT2D eigenvalue weighted by molar-refractivity contribution is 5.25. The summed E-state index contributed by atoms with van der Waals surface area (Å²) in [7, 11) is 0. The second kappa shape index (κ2) is 5.86. The Kier molecular flexibility index (Phi) is 4.18. The highest BCUT2D eigenvalue weighted by Crippen LogP contribution is 2.67. The Balaban J connectivity index is 1.63. The quantitative estimate of drug-likeness (QED) is 0.618. The monoisotopic (exact) mass is 330 g/mol. The second-order valence-electron chi connectivity index (χ2n) is 10.3. The van der Waals surface area contributed by atoms with Gasteiger partial charge in [-0.15, -0.1) is 0 Å². The fraction of sp³-hybridized carbons (Fsp3) is 0.913. The molecule has 0 amide bonds. The van der Waals surface area contributed by atoms with E-state index < -0.39 is 0 Å². The van der Waals surface area contributed by atoms with Crippen LogP contribution >= 0.6 is 0 Å². The highest BCUT2D eigenvalue weighted by atomic mass is 16.3. The van der Waals surface area contributed by atoms with Crippen molar-refractivity contribution >= 4 is 0 Å². The maximum absolute atomic E-state index is 10.1. The van der Waals surface area contributed by atoms with Gasteiger partial charge in [-0.2, -0.15) is 0 Å². The fourth-order valence-electron chi connectivity index (χ4n) is 7.90. The van der Waals surface area contributed by atoms with Crippen LogP contribution in [0.15, 0.2) is 11.6 Å². The van der Waals surface area contributed by atoms with Crippen molar-refractivity contribution in [2.24, 2.45) is 40.4 Å². The Morgan fingerprint density at radius 2 is 1.92 bits per heavy atom. The molecule has 0 aromatic carbocycles. The first-order chi connectivity index (χ1) is 11.4. The van der Waals surface area contributed by atoms with Gasteiger partial charge in [0.15, 0.2) is 0 Å². The van der Waals surface area contributed by atoms with Crippen LogP contribution in [0.2, 0.25) is 0 Å². The molecule has 1 nitrogen and oxygen atoms in total. The summed E-state index contributed by atoms with van der Waals surface area (Å²) in [6.45, 7) is 10.1. The first-order valence-corrected chi connectivity index (χ1v) is 10.8. The molecule has 4 aliphatic rings. The Bertz CT molecular complexity index is 522. The number of aliphatic hydroxyl groups excluding tert-OH is 1.